The predicted molar refractivity (Wildman–Crippen MR) is 122 cm³/mol. The molecule has 1 N–H and O–H groups in total. The lowest BCUT2D eigenvalue weighted by molar-refractivity contribution is 0.0951. The van der Waals surface area contributed by atoms with Gasteiger partial charge in [-0.25, -0.2) is 4.79 Å². The van der Waals surface area contributed by atoms with Crippen LogP contribution < -0.4 is 16.6 Å². The summed E-state index contributed by atoms with van der Waals surface area (Å²) in [6, 6.07) is 15.8. The average Bonchev–Trinajstić information content (AvgIpc) is 2.79. The maximum Gasteiger partial charge on any atom is 0.331 e. The smallest absolute Gasteiger partial charge is 0.331 e. The molecule has 0 saturated heterocycles. The van der Waals surface area contributed by atoms with Crippen LogP contribution >= 0.6 is 15.9 Å². The summed E-state index contributed by atoms with van der Waals surface area (Å²) < 4.78 is 3.47. The van der Waals surface area contributed by atoms with Crippen molar-refractivity contribution in [2.24, 2.45) is 7.05 Å². The summed E-state index contributed by atoms with van der Waals surface area (Å²) in [5, 5.41) is 3.15. The Kier molecular flexibility index (Phi) is 5.81. The van der Waals surface area contributed by atoms with Crippen molar-refractivity contribution >= 4 is 32.7 Å². The molecule has 0 atom stereocenters. The zero-order chi connectivity index (χ0) is 22.0. The van der Waals surface area contributed by atoms with Gasteiger partial charge in [-0.1, -0.05) is 28.1 Å². The molecule has 4 aromatic rings. The number of nitrogens with zero attached hydrogens (tertiary/aromatic N) is 3. The minimum atomic E-state index is -0.429. The second-order valence-corrected chi connectivity index (χ2v) is 8.05. The van der Waals surface area contributed by atoms with Gasteiger partial charge >= 0.3 is 5.69 Å². The first-order valence-electron chi connectivity index (χ1n) is 9.59. The monoisotopic (exact) mass is 478 g/mol. The molecule has 7 nitrogen and oxygen atoms in total. The van der Waals surface area contributed by atoms with E-state index in [2.05, 4.69) is 26.2 Å². The van der Waals surface area contributed by atoms with E-state index in [-0.39, 0.29) is 12.5 Å². The normalized spacial score (nSPS) is 10.9. The second kappa shape index (κ2) is 8.69. The Labute approximate surface area is 186 Å². The molecular weight excluding hydrogens is 460 g/mol. The van der Waals surface area contributed by atoms with E-state index in [1.807, 2.05) is 36.4 Å². The van der Waals surface area contributed by atoms with Crippen LogP contribution in [0.15, 0.2) is 81.1 Å². The Balaban J connectivity index is 1.70. The van der Waals surface area contributed by atoms with E-state index in [1.54, 1.807) is 31.6 Å². The number of fused-ring (bicyclic) bond motifs is 1. The minimum Gasteiger partial charge on any atom is -0.348 e. The molecule has 0 spiro atoms. The number of carbonyl (C=O) groups is 1. The van der Waals surface area contributed by atoms with E-state index in [0.29, 0.717) is 23.0 Å². The molecule has 156 valence electrons. The molecule has 0 unspecified atom stereocenters. The standard InChI is InChI=1S/C23H19BrN4O3/c1-27-20-6-5-17(21(29)26-13-15-7-9-25-10-8-15)12-19(20)22(30)28(23(27)31)14-16-3-2-4-18(24)11-16/h2-12H,13-14H2,1H3,(H,26,29). The third-order valence-corrected chi connectivity index (χ3v) is 5.54. The van der Waals surface area contributed by atoms with Crippen LogP contribution in [-0.4, -0.2) is 20.0 Å². The van der Waals surface area contributed by atoms with Crippen LogP contribution in [0.1, 0.15) is 21.5 Å². The molecule has 0 aliphatic heterocycles. The summed E-state index contributed by atoms with van der Waals surface area (Å²) in [5.74, 6) is -0.300. The molecule has 8 heteroatoms. The van der Waals surface area contributed by atoms with Crippen molar-refractivity contribution in [2.75, 3.05) is 0 Å². The van der Waals surface area contributed by atoms with Crippen LogP contribution in [0.4, 0.5) is 0 Å². The van der Waals surface area contributed by atoms with Crippen molar-refractivity contribution < 1.29 is 4.79 Å². The highest BCUT2D eigenvalue weighted by Gasteiger charge is 2.14. The highest BCUT2D eigenvalue weighted by atomic mass is 79.9. The maximum atomic E-state index is 13.1. The number of rotatable bonds is 5. The van der Waals surface area contributed by atoms with Crippen LogP contribution in [0, 0.1) is 0 Å². The zero-order valence-electron chi connectivity index (χ0n) is 16.7. The zero-order valence-corrected chi connectivity index (χ0v) is 18.3. The van der Waals surface area contributed by atoms with E-state index in [4.69, 9.17) is 0 Å². The van der Waals surface area contributed by atoms with E-state index >= 15 is 0 Å². The number of hydrogen-bond donors (Lipinski definition) is 1. The van der Waals surface area contributed by atoms with Gasteiger partial charge in [0.15, 0.2) is 0 Å². The number of benzene rings is 2. The minimum absolute atomic E-state index is 0.138. The molecule has 0 saturated carbocycles. The highest BCUT2D eigenvalue weighted by molar-refractivity contribution is 9.10. The molecule has 0 radical (unpaired) electrons. The molecule has 0 fully saturated rings. The predicted octanol–water partition coefficient (Wildman–Crippen LogP) is 2.84. The van der Waals surface area contributed by atoms with E-state index in [9.17, 15) is 14.4 Å². The first kappa shape index (κ1) is 20.7. The van der Waals surface area contributed by atoms with Crippen molar-refractivity contribution in [1.29, 1.82) is 0 Å². The fraction of sp³-hybridized carbons (Fsp3) is 0.130. The number of carbonyl (C=O) groups excluding carboxylic acids is 1. The van der Waals surface area contributed by atoms with Crippen LogP contribution in [0.5, 0.6) is 0 Å². The van der Waals surface area contributed by atoms with Crippen molar-refractivity contribution in [3.8, 4) is 0 Å². The molecule has 2 aromatic carbocycles. The van der Waals surface area contributed by atoms with Gasteiger partial charge < -0.3 is 5.32 Å². The molecule has 0 aliphatic carbocycles. The summed E-state index contributed by atoms with van der Waals surface area (Å²) in [7, 11) is 1.62. The largest absolute Gasteiger partial charge is 0.348 e. The number of hydrogen-bond acceptors (Lipinski definition) is 4. The van der Waals surface area contributed by atoms with Gasteiger partial charge in [0.1, 0.15) is 0 Å². The van der Waals surface area contributed by atoms with Crippen molar-refractivity contribution in [3.63, 3.8) is 0 Å². The van der Waals surface area contributed by atoms with Crippen LogP contribution in [0.25, 0.3) is 10.9 Å². The number of amides is 1. The molecule has 2 aromatic heterocycles. The fourth-order valence-corrected chi connectivity index (χ4v) is 3.85. The molecule has 0 bridgehead atoms. The molecule has 4 rings (SSSR count). The van der Waals surface area contributed by atoms with Crippen molar-refractivity contribution in [1.82, 2.24) is 19.4 Å². The summed E-state index contributed by atoms with van der Waals surface area (Å²) in [6.07, 6.45) is 3.32. The summed E-state index contributed by atoms with van der Waals surface area (Å²) in [4.78, 5) is 42.5. The van der Waals surface area contributed by atoms with Gasteiger partial charge in [0.25, 0.3) is 11.5 Å². The third kappa shape index (κ3) is 4.34. The topological polar surface area (TPSA) is 86.0 Å². The molecule has 31 heavy (non-hydrogen) atoms. The van der Waals surface area contributed by atoms with Crippen LogP contribution in [-0.2, 0) is 20.1 Å². The van der Waals surface area contributed by atoms with Gasteiger partial charge in [0, 0.05) is 36.0 Å². The number of aryl methyl sites for hydroxylation is 1. The Morgan fingerprint density at radius 1 is 1.03 bits per heavy atom. The number of halogens is 1. The number of nitrogens with one attached hydrogen (secondary N) is 1. The lowest BCUT2D eigenvalue weighted by Gasteiger charge is -2.12. The molecule has 2 heterocycles. The van der Waals surface area contributed by atoms with Gasteiger partial charge in [-0.15, -0.1) is 0 Å². The summed E-state index contributed by atoms with van der Waals surface area (Å²) in [5.41, 5.74) is 1.73. The Morgan fingerprint density at radius 3 is 2.55 bits per heavy atom. The third-order valence-electron chi connectivity index (χ3n) is 5.05. The van der Waals surface area contributed by atoms with E-state index in [0.717, 1.165) is 15.6 Å². The second-order valence-electron chi connectivity index (χ2n) is 7.13. The van der Waals surface area contributed by atoms with E-state index < -0.39 is 11.2 Å². The molecular formula is C23H19BrN4O3. The fourth-order valence-electron chi connectivity index (χ4n) is 3.40. The van der Waals surface area contributed by atoms with Crippen LogP contribution in [0.3, 0.4) is 0 Å². The lowest BCUT2D eigenvalue weighted by Crippen LogP contribution is -2.39. The van der Waals surface area contributed by atoms with Gasteiger partial charge in [-0.2, -0.15) is 0 Å². The number of aromatic nitrogens is 3. The van der Waals surface area contributed by atoms with Crippen LogP contribution in [0.2, 0.25) is 0 Å². The summed E-state index contributed by atoms with van der Waals surface area (Å²) in [6.45, 7) is 0.485. The van der Waals surface area contributed by atoms with Gasteiger partial charge in [0.05, 0.1) is 17.4 Å². The summed E-state index contributed by atoms with van der Waals surface area (Å²) >= 11 is 3.41. The quantitative estimate of drug-likeness (QED) is 0.477. The van der Waals surface area contributed by atoms with Crippen molar-refractivity contribution in [2.45, 2.75) is 13.1 Å². The van der Waals surface area contributed by atoms with Gasteiger partial charge in [-0.05, 0) is 53.6 Å². The molecule has 1 amide bonds. The van der Waals surface area contributed by atoms with E-state index in [1.165, 1.54) is 15.2 Å². The highest BCUT2D eigenvalue weighted by Crippen LogP contribution is 2.14. The molecule has 0 aliphatic rings. The maximum absolute atomic E-state index is 13.1. The number of pyridine rings is 1. The Morgan fingerprint density at radius 2 is 1.81 bits per heavy atom. The Bertz CT molecular complexity index is 1390. The first-order chi connectivity index (χ1) is 14.9. The van der Waals surface area contributed by atoms with Gasteiger partial charge in [0.2, 0.25) is 0 Å². The first-order valence-corrected chi connectivity index (χ1v) is 10.4. The lowest BCUT2D eigenvalue weighted by atomic mass is 10.1. The Hall–Kier alpha value is -3.52. The average molecular weight is 479 g/mol. The van der Waals surface area contributed by atoms with Gasteiger partial charge in [-0.3, -0.25) is 23.7 Å². The van der Waals surface area contributed by atoms with Crippen molar-refractivity contribution in [3.05, 3.63) is 109 Å². The SMILES string of the molecule is Cn1c(=O)n(Cc2cccc(Br)c2)c(=O)c2cc(C(=O)NCc3ccncc3)ccc21.